The molecule has 6 heteroatoms. The van der Waals surface area contributed by atoms with Crippen LogP contribution in [0.5, 0.6) is 0 Å². The predicted octanol–water partition coefficient (Wildman–Crippen LogP) is 3.60. The van der Waals surface area contributed by atoms with Crippen molar-refractivity contribution in [3.8, 4) is 0 Å². The van der Waals surface area contributed by atoms with Crippen LogP contribution >= 0.6 is 45.2 Å². The van der Waals surface area contributed by atoms with Crippen molar-refractivity contribution in [1.82, 2.24) is 0 Å². The summed E-state index contributed by atoms with van der Waals surface area (Å²) in [6, 6.07) is 0. The third kappa shape index (κ3) is 2.89. The topological polar surface area (TPSA) is 0 Å². The van der Waals surface area contributed by atoms with Crippen molar-refractivity contribution in [2.45, 2.75) is 9.85 Å². The fourth-order valence-corrected chi connectivity index (χ4v) is 0.805. The first kappa shape index (κ1) is 10.9. The summed E-state index contributed by atoms with van der Waals surface area (Å²) < 4.78 is 44.8. The van der Waals surface area contributed by atoms with Crippen LogP contribution in [0.25, 0.3) is 0 Å². The van der Waals surface area contributed by atoms with Gasteiger partial charge in [-0.1, -0.05) is 22.6 Å². The zero-order valence-electron chi connectivity index (χ0n) is 4.42. The maximum absolute atomic E-state index is 12.1. The number of hydrogen-bond acceptors (Lipinski definition) is 0. The Hall–Kier alpha value is 0.920. The minimum atomic E-state index is -4.05. The number of halogens is 6. The van der Waals surface area contributed by atoms with Crippen molar-refractivity contribution in [3.63, 3.8) is 0 Å². The van der Waals surface area contributed by atoms with Crippen molar-refractivity contribution < 1.29 is 17.6 Å². The van der Waals surface area contributed by atoms with Crippen molar-refractivity contribution in [2.24, 2.45) is 0 Å². The third-order valence-electron chi connectivity index (χ3n) is 0.650. The Balaban J connectivity index is 4.40. The van der Waals surface area contributed by atoms with Crippen LogP contribution in [-0.4, -0.2) is 9.85 Å². The average Bonchev–Trinajstić information content (AvgIpc) is 1.61. The van der Waals surface area contributed by atoms with Gasteiger partial charge in [0, 0.05) is 22.6 Å². The number of hydrogen-bond donors (Lipinski definition) is 0. The van der Waals surface area contributed by atoms with E-state index in [9.17, 15) is 17.6 Å². The summed E-state index contributed by atoms with van der Waals surface area (Å²) in [5, 5.41) is 0. The van der Waals surface area contributed by atoms with Crippen LogP contribution in [0, 0.1) is 0 Å². The molecule has 0 spiro atoms. The van der Waals surface area contributed by atoms with E-state index in [0.29, 0.717) is 22.6 Å². The largest absolute Gasteiger partial charge is 0.362 e. The Morgan fingerprint density at radius 2 is 1.50 bits per heavy atom. The van der Waals surface area contributed by atoms with Crippen LogP contribution in [0.15, 0.2) is 10.2 Å². The van der Waals surface area contributed by atoms with Crippen molar-refractivity contribution >= 4 is 45.2 Å². The minimum absolute atomic E-state index is 0.167. The first-order valence-corrected chi connectivity index (χ1v) is 4.36. The van der Waals surface area contributed by atoms with E-state index in [1.54, 1.807) is 0 Å². The molecule has 0 aromatic rings. The molecule has 0 nitrogen and oxygen atoms in total. The van der Waals surface area contributed by atoms with E-state index in [2.05, 4.69) is 0 Å². The zero-order chi connectivity index (χ0) is 8.41. The molecule has 0 aliphatic carbocycles. The Bertz CT molecular complexity index is 137. The molecule has 0 aromatic heterocycles. The lowest BCUT2D eigenvalue weighted by Crippen LogP contribution is -2.32. The second-order valence-corrected chi connectivity index (χ2v) is 3.49. The zero-order valence-corrected chi connectivity index (χ0v) is 8.74. The van der Waals surface area contributed by atoms with Gasteiger partial charge in [-0.05, 0) is 10.2 Å². The quantitative estimate of drug-likeness (QED) is 0.391. The summed E-state index contributed by atoms with van der Waals surface area (Å²) in [5.74, 6) is -4.05. The Labute approximate surface area is 82.3 Å². The van der Waals surface area contributed by atoms with Gasteiger partial charge in [-0.3, -0.25) is 0 Å². The van der Waals surface area contributed by atoms with Gasteiger partial charge in [0.1, 0.15) is 0 Å². The molecule has 0 amide bonds. The average molecular weight is 380 g/mol. The molecule has 0 atom stereocenters. The van der Waals surface area contributed by atoms with Crippen LogP contribution < -0.4 is 0 Å². The van der Waals surface area contributed by atoms with E-state index in [1.165, 1.54) is 22.6 Å². The molecule has 0 unspecified atom stereocenters. The van der Waals surface area contributed by atoms with Gasteiger partial charge in [-0.2, -0.15) is 17.6 Å². The van der Waals surface area contributed by atoms with Gasteiger partial charge in [0.25, 0.3) is 0 Å². The lowest BCUT2D eigenvalue weighted by Gasteiger charge is -2.16. The molecule has 0 saturated heterocycles. The van der Waals surface area contributed by atoms with E-state index in [1.807, 2.05) is 0 Å². The van der Waals surface area contributed by atoms with Gasteiger partial charge in [0.15, 0.2) is 0 Å². The highest BCUT2D eigenvalue weighted by Gasteiger charge is 2.51. The summed E-state index contributed by atoms with van der Waals surface area (Å²) in [5.41, 5.74) is 0. The summed E-state index contributed by atoms with van der Waals surface area (Å²) in [6.45, 7) is 0. The predicted molar refractivity (Wildman–Crippen MR) is 47.1 cm³/mol. The van der Waals surface area contributed by atoms with E-state index in [0.717, 1.165) is 4.08 Å². The highest BCUT2D eigenvalue weighted by molar-refractivity contribution is 14.1. The molecule has 10 heavy (non-hydrogen) atoms. The van der Waals surface area contributed by atoms with Gasteiger partial charge in [0.05, 0.1) is 0 Å². The molecule has 0 aromatic carbocycles. The van der Waals surface area contributed by atoms with E-state index >= 15 is 0 Å². The molecule has 0 fully saturated rings. The molecule has 0 aliphatic rings. The number of alkyl halides is 5. The van der Waals surface area contributed by atoms with Crippen LogP contribution in [-0.2, 0) is 0 Å². The maximum atomic E-state index is 12.1. The van der Waals surface area contributed by atoms with E-state index < -0.39 is 9.85 Å². The summed E-state index contributed by atoms with van der Waals surface area (Å²) >= 11 is 1.86. The standard InChI is InChI=1S/C4H2F4I2/c5-3(6,1-2-9)4(7,8)10/h1-2H. The Morgan fingerprint density at radius 1 is 1.10 bits per heavy atom. The molecular formula is C4H2F4I2. The molecule has 0 heterocycles. The van der Waals surface area contributed by atoms with Gasteiger partial charge in [-0.25, -0.2) is 0 Å². The highest BCUT2D eigenvalue weighted by Crippen LogP contribution is 2.40. The lowest BCUT2D eigenvalue weighted by molar-refractivity contribution is -0.103. The highest BCUT2D eigenvalue weighted by atomic mass is 127. The Morgan fingerprint density at radius 3 is 1.60 bits per heavy atom. The minimum Gasteiger partial charge on any atom is -0.194 e. The maximum Gasteiger partial charge on any atom is 0.362 e. The van der Waals surface area contributed by atoms with Crippen LogP contribution in [0.1, 0.15) is 0 Å². The molecule has 0 N–H and O–H groups in total. The van der Waals surface area contributed by atoms with Gasteiger partial charge in [0.2, 0.25) is 0 Å². The summed E-state index contributed by atoms with van der Waals surface area (Å²) in [7, 11) is 0. The normalized spacial score (nSPS) is 14.6. The van der Waals surface area contributed by atoms with Crippen molar-refractivity contribution in [1.29, 1.82) is 0 Å². The number of allylic oxidation sites excluding steroid dienone is 1. The fraction of sp³-hybridized carbons (Fsp3) is 0.500. The van der Waals surface area contributed by atoms with Gasteiger partial charge < -0.3 is 0 Å². The number of rotatable bonds is 2. The van der Waals surface area contributed by atoms with E-state index in [-0.39, 0.29) is 6.08 Å². The second kappa shape index (κ2) is 3.55. The van der Waals surface area contributed by atoms with Crippen LogP contribution in [0.4, 0.5) is 17.6 Å². The third-order valence-corrected chi connectivity index (χ3v) is 1.73. The van der Waals surface area contributed by atoms with Crippen molar-refractivity contribution in [2.75, 3.05) is 0 Å². The lowest BCUT2D eigenvalue weighted by atomic mass is 10.3. The van der Waals surface area contributed by atoms with Crippen molar-refractivity contribution in [3.05, 3.63) is 10.2 Å². The SMILES string of the molecule is FC(F)(I)C(F)(F)C=CI. The second-order valence-electron chi connectivity index (χ2n) is 1.41. The van der Waals surface area contributed by atoms with Crippen LogP contribution in [0.3, 0.4) is 0 Å². The molecular weight excluding hydrogens is 378 g/mol. The summed E-state index contributed by atoms with van der Waals surface area (Å²) in [4.78, 5) is 0. The monoisotopic (exact) mass is 380 g/mol. The first-order valence-electron chi connectivity index (χ1n) is 2.04. The van der Waals surface area contributed by atoms with Crippen LogP contribution in [0.2, 0.25) is 0 Å². The molecule has 0 aliphatic heterocycles. The Kier molecular flexibility index (Phi) is 3.87. The fourth-order valence-electron chi connectivity index (χ4n) is 0.174. The smallest absolute Gasteiger partial charge is 0.194 e. The molecule has 0 bridgehead atoms. The molecule has 0 saturated carbocycles. The molecule has 0 rings (SSSR count). The summed E-state index contributed by atoms with van der Waals surface area (Å²) in [6.07, 6.45) is 0.167. The molecule has 0 radical (unpaired) electrons. The molecule has 60 valence electrons. The van der Waals surface area contributed by atoms with Gasteiger partial charge >= 0.3 is 9.85 Å². The van der Waals surface area contributed by atoms with E-state index in [4.69, 9.17) is 0 Å². The first-order chi connectivity index (χ1) is 4.31. The van der Waals surface area contributed by atoms with Gasteiger partial charge in [-0.15, -0.1) is 0 Å².